The van der Waals surface area contributed by atoms with Gasteiger partial charge in [-0.3, -0.25) is 0 Å². The van der Waals surface area contributed by atoms with Gasteiger partial charge in [0, 0.05) is 0 Å². The highest BCUT2D eigenvalue weighted by molar-refractivity contribution is 7.43. The number of ether oxygens (including phenoxy) is 1. The van der Waals surface area contributed by atoms with Crippen LogP contribution in [-0.4, -0.2) is 50.9 Å². The Hall–Kier alpha value is -1.53. The highest BCUT2D eigenvalue weighted by Crippen LogP contribution is 2.34. The first kappa shape index (κ1) is 16.8. The van der Waals surface area contributed by atoms with Gasteiger partial charge in [0.15, 0.2) is 6.23 Å². The molecule has 1 aliphatic rings. The van der Waals surface area contributed by atoms with Crippen LogP contribution in [0.1, 0.15) is 16.6 Å². The number of rotatable bonds is 5. The van der Waals surface area contributed by atoms with Crippen molar-refractivity contribution in [3.63, 3.8) is 0 Å². The maximum Gasteiger partial charge on any atom is 0.181 e. The molecule has 0 aliphatic carbocycles. The highest BCUT2D eigenvalue weighted by atomic mass is 31.2. The third-order valence-electron chi connectivity index (χ3n) is 3.03. The number of aliphatic hydroxyl groups excluding tert-OH is 2. The van der Waals surface area contributed by atoms with E-state index >= 15 is 0 Å². The molecule has 2 heterocycles. The number of anilines is 1. The van der Waals surface area contributed by atoms with Gasteiger partial charge >= 0.3 is 0 Å². The Morgan fingerprint density at radius 3 is 2.64 bits per heavy atom. The van der Waals surface area contributed by atoms with Gasteiger partial charge in [0.25, 0.3) is 0 Å². The molecule has 124 valence electrons. The lowest BCUT2D eigenvalue weighted by Gasteiger charge is -2.30. The van der Waals surface area contributed by atoms with Crippen molar-refractivity contribution in [2.75, 3.05) is 12.3 Å². The number of phosphoric ester groups is 1. The number of carbonyl (C=O) groups excluding carboxylic acids is 1. The predicted octanol–water partition coefficient (Wildman–Crippen LogP) is -4.71. The van der Waals surface area contributed by atoms with Gasteiger partial charge in [-0.25, -0.2) is 4.68 Å². The first-order valence-corrected chi connectivity index (χ1v) is 7.30. The number of carbonyl (C=O) groups is 1. The van der Waals surface area contributed by atoms with Crippen molar-refractivity contribution in [2.24, 2.45) is 0 Å². The average molecular weight is 336 g/mol. The van der Waals surface area contributed by atoms with Gasteiger partial charge in [-0.1, -0.05) is 0 Å². The molecule has 22 heavy (non-hydrogen) atoms. The fraction of sp³-hybridized carbons (Fsp3) is 0.556. The minimum Gasteiger partial charge on any atom is -0.790 e. The van der Waals surface area contributed by atoms with Crippen LogP contribution in [0.25, 0.3) is 0 Å². The number of nitrogen functional groups attached to an aromatic ring is 1. The first-order valence-electron chi connectivity index (χ1n) is 5.84. The van der Waals surface area contributed by atoms with E-state index in [1.807, 2.05) is 0 Å². The summed E-state index contributed by atoms with van der Waals surface area (Å²) in [6, 6.07) is 0. The smallest absolute Gasteiger partial charge is 0.181 e. The van der Waals surface area contributed by atoms with E-state index in [9.17, 15) is 34.5 Å². The topological polar surface area (TPSA) is 206 Å². The van der Waals surface area contributed by atoms with Crippen molar-refractivity contribution in [3.05, 3.63) is 11.8 Å². The summed E-state index contributed by atoms with van der Waals surface area (Å²) in [6.45, 7) is -0.826. The van der Waals surface area contributed by atoms with E-state index in [-0.39, 0.29) is 0 Å². The standard InChI is InChI=1S/C9H14N3O9P/c10-7-3(9(15)16)1-11-12(7)8-6(14)5(13)4(21-8)2-20-22(17,18)19/h1,4-6,8,13-14H,2,10H2,(H,15,16)(H2,17,18,19)/p-3/t4-,5-,6-,8-/m1/s1. The van der Waals surface area contributed by atoms with Gasteiger partial charge in [-0.2, -0.15) is 5.10 Å². The highest BCUT2D eigenvalue weighted by Gasteiger charge is 2.45. The number of carboxylic acids is 1. The maximum atomic E-state index is 10.8. The molecule has 13 heteroatoms. The molecule has 2 rings (SSSR count). The summed E-state index contributed by atoms with van der Waals surface area (Å²) in [5.41, 5.74) is 5.06. The van der Waals surface area contributed by atoms with Crippen LogP contribution in [-0.2, 0) is 13.8 Å². The van der Waals surface area contributed by atoms with Gasteiger partial charge in [0.1, 0.15) is 24.1 Å². The van der Waals surface area contributed by atoms with E-state index < -0.39 is 56.3 Å². The van der Waals surface area contributed by atoms with Crippen LogP contribution in [0.5, 0.6) is 0 Å². The summed E-state index contributed by atoms with van der Waals surface area (Å²) >= 11 is 0. The molecule has 1 saturated heterocycles. The van der Waals surface area contributed by atoms with Gasteiger partial charge in [0.05, 0.1) is 32.2 Å². The Morgan fingerprint density at radius 2 is 2.14 bits per heavy atom. The number of carboxylic acid groups (broad SMARTS) is 1. The van der Waals surface area contributed by atoms with Crippen LogP contribution in [0.2, 0.25) is 0 Å². The third-order valence-corrected chi connectivity index (χ3v) is 3.49. The second-order valence-corrected chi connectivity index (χ2v) is 5.62. The normalized spacial score (nSPS) is 28.9. The Labute approximate surface area is 122 Å². The Kier molecular flexibility index (Phi) is 4.54. The number of aliphatic hydroxyl groups is 2. The van der Waals surface area contributed by atoms with Crippen molar-refractivity contribution in [1.29, 1.82) is 0 Å². The van der Waals surface area contributed by atoms with E-state index in [2.05, 4.69) is 9.62 Å². The molecule has 1 fully saturated rings. The maximum absolute atomic E-state index is 10.8. The molecule has 0 unspecified atom stereocenters. The van der Waals surface area contributed by atoms with Crippen LogP contribution in [0.15, 0.2) is 6.20 Å². The van der Waals surface area contributed by atoms with Crippen LogP contribution >= 0.6 is 7.82 Å². The zero-order valence-electron chi connectivity index (χ0n) is 10.8. The van der Waals surface area contributed by atoms with Crippen molar-refractivity contribution in [3.8, 4) is 0 Å². The minimum atomic E-state index is -5.28. The lowest BCUT2D eigenvalue weighted by Crippen LogP contribution is -2.34. The monoisotopic (exact) mass is 336 g/mol. The van der Waals surface area contributed by atoms with Gasteiger partial charge < -0.3 is 49.5 Å². The van der Waals surface area contributed by atoms with E-state index in [1.54, 1.807) is 0 Å². The van der Waals surface area contributed by atoms with Crippen LogP contribution in [0.4, 0.5) is 5.82 Å². The fourth-order valence-electron chi connectivity index (χ4n) is 1.97. The Balaban J connectivity index is 2.16. The van der Waals surface area contributed by atoms with Crippen molar-refractivity contribution in [1.82, 2.24) is 9.78 Å². The lowest BCUT2D eigenvalue weighted by atomic mass is 10.1. The zero-order valence-corrected chi connectivity index (χ0v) is 11.7. The second kappa shape index (κ2) is 5.93. The Morgan fingerprint density at radius 1 is 1.50 bits per heavy atom. The minimum absolute atomic E-state index is 0.392. The molecule has 0 aromatic carbocycles. The van der Waals surface area contributed by atoms with Gasteiger partial charge in [0.2, 0.25) is 0 Å². The van der Waals surface area contributed by atoms with Crippen molar-refractivity contribution < 1.29 is 43.7 Å². The molecule has 12 nitrogen and oxygen atoms in total. The van der Waals surface area contributed by atoms with E-state index in [1.165, 1.54) is 0 Å². The molecule has 0 amide bonds. The van der Waals surface area contributed by atoms with Crippen molar-refractivity contribution >= 4 is 19.6 Å². The Bertz CT molecular complexity index is 613. The quantitative estimate of drug-likeness (QED) is 0.435. The molecule has 0 spiro atoms. The van der Waals surface area contributed by atoms with Crippen LogP contribution in [0, 0.1) is 0 Å². The molecule has 0 bridgehead atoms. The largest absolute Gasteiger partial charge is 0.790 e. The molecule has 4 atom stereocenters. The molecular weight excluding hydrogens is 325 g/mol. The summed E-state index contributed by atoms with van der Waals surface area (Å²) < 4.78 is 20.3. The second-order valence-electron chi connectivity index (χ2n) is 4.46. The van der Waals surface area contributed by atoms with Crippen LogP contribution < -0.4 is 20.6 Å². The number of nitrogens with two attached hydrogens (primary N) is 1. The summed E-state index contributed by atoms with van der Waals surface area (Å²) in [5.74, 6) is -1.99. The zero-order chi connectivity index (χ0) is 16.7. The summed E-state index contributed by atoms with van der Waals surface area (Å²) in [7, 11) is -5.28. The van der Waals surface area contributed by atoms with E-state index in [0.29, 0.717) is 0 Å². The number of aromatic nitrogens is 2. The first-order chi connectivity index (χ1) is 10.1. The SMILES string of the molecule is Nc1c(C(=O)[O-])cnn1[C@@H]1O[C@H](COP(=O)([O-])[O-])[C@@H](O)[C@H]1O. The summed E-state index contributed by atoms with van der Waals surface area (Å²) in [5, 5.41) is 33.9. The van der Waals surface area contributed by atoms with E-state index in [4.69, 9.17) is 10.5 Å². The molecular formula is C9H11N3O9P-3. The number of hydrogen-bond donors (Lipinski definition) is 3. The molecule has 4 N–H and O–H groups in total. The summed E-state index contributed by atoms with van der Waals surface area (Å²) in [6.07, 6.45) is -5.10. The van der Waals surface area contributed by atoms with Crippen molar-refractivity contribution in [2.45, 2.75) is 24.5 Å². The number of phosphoric acid groups is 1. The number of aromatic carboxylic acids is 1. The average Bonchev–Trinajstić information content (AvgIpc) is 2.90. The summed E-state index contributed by atoms with van der Waals surface area (Å²) in [4.78, 5) is 31.6. The van der Waals surface area contributed by atoms with Crippen LogP contribution in [0.3, 0.4) is 0 Å². The molecule has 1 aliphatic heterocycles. The van der Waals surface area contributed by atoms with Gasteiger partial charge in [-0.05, 0) is 0 Å². The fourth-order valence-corrected chi connectivity index (χ4v) is 2.29. The van der Waals surface area contributed by atoms with E-state index in [0.717, 1.165) is 10.9 Å². The predicted molar refractivity (Wildman–Crippen MR) is 60.5 cm³/mol. The van der Waals surface area contributed by atoms with Gasteiger partial charge in [-0.15, -0.1) is 0 Å². The third kappa shape index (κ3) is 3.28. The molecule has 0 saturated carbocycles. The molecule has 1 aromatic heterocycles. The molecule has 1 aromatic rings. The number of nitrogens with zero attached hydrogens (tertiary/aromatic N) is 2. The number of hydrogen-bond acceptors (Lipinski definition) is 11. The lowest BCUT2D eigenvalue weighted by molar-refractivity contribution is -0.343. The molecule has 0 radical (unpaired) electrons.